The molecule has 1 fully saturated rings. The molecule has 0 bridgehead atoms. The van der Waals surface area contributed by atoms with Crippen LogP contribution < -0.4 is 5.32 Å². The fourth-order valence-electron chi connectivity index (χ4n) is 4.09. The summed E-state index contributed by atoms with van der Waals surface area (Å²) in [5, 5.41) is 3.06. The first-order valence-corrected chi connectivity index (χ1v) is 10.7. The molecule has 5 heteroatoms. The van der Waals surface area contributed by atoms with E-state index in [-0.39, 0.29) is 6.03 Å². The second-order valence-corrected chi connectivity index (χ2v) is 8.34. The molecular weight excluding hydrogens is 372 g/mol. The molecule has 1 aliphatic rings. The monoisotopic (exact) mass is 402 g/mol. The maximum absolute atomic E-state index is 12.6. The average Bonchev–Trinajstić information content (AvgIpc) is 3.36. The van der Waals surface area contributed by atoms with Gasteiger partial charge in [-0.1, -0.05) is 60.2 Å². The minimum Gasteiger partial charge on any atom is -0.334 e. The van der Waals surface area contributed by atoms with Gasteiger partial charge in [-0.25, -0.2) is 9.78 Å². The number of hydrogen-bond acceptors (Lipinski definition) is 2. The molecular formula is C25H30N4O. The van der Waals surface area contributed by atoms with Gasteiger partial charge in [0.15, 0.2) is 0 Å². The van der Waals surface area contributed by atoms with Crippen molar-refractivity contribution in [2.24, 2.45) is 5.92 Å². The average molecular weight is 403 g/mol. The molecule has 0 radical (unpaired) electrons. The molecule has 1 N–H and O–H groups in total. The minimum atomic E-state index is 0.0295. The quantitative estimate of drug-likeness (QED) is 0.667. The van der Waals surface area contributed by atoms with Gasteiger partial charge >= 0.3 is 6.03 Å². The summed E-state index contributed by atoms with van der Waals surface area (Å²) >= 11 is 0. The standard InChI is InChI=1S/C25H30N4O/c1-19-8-10-21(11-9-19)16-27-25(30)28-13-12-23(17-28)14-24-26-15-20(2)29(24)18-22-6-4-3-5-7-22/h3-11,15,23H,12-14,16-18H2,1-2H3,(H,27,30). The van der Waals surface area contributed by atoms with E-state index in [0.717, 1.165) is 43.9 Å². The largest absolute Gasteiger partial charge is 0.334 e. The van der Waals surface area contributed by atoms with Crippen molar-refractivity contribution in [1.82, 2.24) is 19.8 Å². The Hall–Kier alpha value is -3.08. The van der Waals surface area contributed by atoms with Crippen LogP contribution in [0.25, 0.3) is 0 Å². The molecule has 30 heavy (non-hydrogen) atoms. The summed E-state index contributed by atoms with van der Waals surface area (Å²) < 4.78 is 2.30. The summed E-state index contributed by atoms with van der Waals surface area (Å²) in [5.41, 5.74) is 4.82. The SMILES string of the molecule is Cc1ccc(CNC(=O)N2CCC(Cc3ncc(C)n3Cc3ccccc3)C2)cc1. The molecule has 0 spiro atoms. The van der Waals surface area contributed by atoms with E-state index in [4.69, 9.17) is 0 Å². The maximum Gasteiger partial charge on any atom is 0.317 e. The maximum atomic E-state index is 12.6. The number of aryl methyl sites for hydroxylation is 2. The fraction of sp³-hybridized carbons (Fsp3) is 0.360. The van der Waals surface area contributed by atoms with Gasteiger partial charge in [0.05, 0.1) is 0 Å². The first kappa shape index (κ1) is 20.2. The summed E-state index contributed by atoms with van der Waals surface area (Å²) in [7, 11) is 0. The van der Waals surface area contributed by atoms with Crippen LogP contribution in [0.15, 0.2) is 60.8 Å². The van der Waals surface area contributed by atoms with Crippen molar-refractivity contribution in [3.8, 4) is 0 Å². The number of amides is 2. The van der Waals surface area contributed by atoms with E-state index in [1.807, 2.05) is 17.2 Å². The molecule has 1 aromatic heterocycles. The van der Waals surface area contributed by atoms with Crippen LogP contribution in [0.5, 0.6) is 0 Å². The third-order valence-electron chi connectivity index (χ3n) is 5.93. The molecule has 4 rings (SSSR count). The molecule has 1 aliphatic heterocycles. The molecule has 156 valence electrons. The molecule has 0 saturated carbocycles. The molecule has 1 saturated heterocycles. The third kappa shape index (κ3) is 4.90. The van der Waals surface area contributed by atoms with Crippen LogP contribution >= 0.6 is 0 Å². The van der Waals surface area contributed by atoms with Gasteiger partial charge in [0, 0.05) is 44.5 Å². The number of nitrogens with one attached hydrogen (secondary N) is 1. The zero-order valence-corrected chi connectivity index (χ0v) is 17.8. The Bertz CT molecular complexity index is 978. The van der Waals surface area contributed by atoms with Crippen LogP contribution in [0.1, 0.15) is 34.6 Å². The van der Waals surface area contributed by atoms with Gasteiger partial charge in [-0.3, -0.25) is 0 Å². The van der Waals surface area contributed by atoms with Crippen LogP contribution in [0, 0.1) is 19.8 Å². The van der Waals surface area contributed by atoms with Gasteiger partial charge in [0.2, 0.25) is 0 Å². The van der Waals surface area contributed by atoms with Gasteiger partial charge in [0.25, 0.3) is 0 Å². The van der Waals surface area contributed by atoms with Crippen LogP contribution in [0.4, 0.5) is 4.79 Å². The number of imidazole rings is 1. The van der Waals surface area contributed by atoms with Crippen LogP contribution in [-0.4, -0.2) is 33.6 Å². The van der Waals surface area contributed by atoms with Crippen molar-refractivity contribution in [3.05, 3.63) is 89.0 Å². The van der Waals surface area contributed by atoms with Crippen LogP contribution in [0.2, 0.25) is 0 Å². The number of benzene rings is 2. The number of carbonyl (C=O) groups is 1. The van der Waals surface area contributed by atoms with Crippen molar-refractivity contribution in [1.29, 1.82) is 0 Å². The fourth-order valence-corrected chi connectivity index (χ4v) is 4.09. The number of hydrogen-bond donors (Lipinski definition) is 1. The smallest absolute Gasteiger partial charge is 0.317 e. The van der Waals surface area contributed by atoms with E-state index in [1.54, 1.807) is 0 Å². The molecule has 2 heterocycles. The number of likely N-dealkylation sites (tertiary alicyclic amines) is 1. The Balaban J connectivity index is 1.32. The van der Waals surface area contributed by atoms with E-state index in [1.165, 1.54) is 16.8 Å². The normalized spacial score (nSPS) is 16.1. The number of carbonyl (C=O) groups excluding carboxylic acids is 1. The summed E-state index contributed by atoms with van der Waals surface area (Å²) in [4.78, 5) is 19.2. The van der Waals surface area contributed by atoms with Gasteiger partial charge in [0.1, 0.15) is 5.82 Å². The number of nitrogens with zero attached hydrogens (tertiary/aromatic N) is 3. The Kier molecular flexibility index (Phi) is 6.17. The first-order valence-electron chi connectivity index (χ1n) is 10.7. The van der Waals surface area contributed by atoms with E-state index >= 15 is 0 Å². The summed E-state index contributed by atoms with van der Waals surface area (Å²) in [5.74, 6) is 1.56. The van der Waals surface area contributed by atoms with Crippen LogP contribution in [0.3, 0.4) is 0 Å². The summed E-state index contributed by atoms with van der Waals surface area (Å²) in [6.45, 7) is 7.19. The molecule has 3 aromatic rings. The Morgan fingerprint density at radius 2 is 1.83 bits per heavy atom. The van der Waals surface area contributed by atoms with Crippen molar-refractivity contribution in [2.45, 2.75) is 39.8 Å². The van der Waals surface area contributed by atoms with Crippen molar-refractivity contribution >= 4 is 6.03 Å². The summed E-state index contributed by atoms with van der Waals surface area (Å²) in [6, 6.07) is 18.8. The highest BCUT2D eigenvalue weighted by Crippen LogP contribution is 2.22. The summed E-state index contributed by atoms with van der Waals surface area (Å²) in [6.07, 6.45) is 3.89. The topological polar surface area (TPSA) is 50.2 Å². The minimum absolute atomic E-state index is 0.0295. The lowest BCUT2D eigenvalue weighted by Gasteiger charge is -2.18. The van der Waals surface area contributed by atoms with E-state index in [9.17, 15) is 4.79 Å². The molecule has 2 aromatic carbocycles. The van der Waals surface area contributed by atoms with E-state index in [2.05, 4.69) is 77.2 Å². The predicted octanol–water partition coefficient (Wildman–Crippen LogP) is 4.32. The second-order valence-electron chi connectivity index (χ2n) is 8.34. The van der Waals surface area contributed by atoms with Crippen LogP contribution in [-0.2, 0) is 19.5 Å². The lowest BCUT2D eigenvalue weighted by atomic mass is 10.0. The highest BCUT2D eigenvalue weighted by Gasteiger charge is 2.27. The number of aromatic nitrogens is 2. The van der Waals surface area contributed by atoms with Crippen molar-refractivity contribution in [2.75, 3.05) is 13.1 Å². The third-order valence-corrected chi connectivity index (χ3v) is 5.93. The number of rotatable bonds is 6. The zero-order chi connectivity index (χ0) is 20.9. The van der Waals surface area contributed by atoms with Crippen molar-refractivity contribution in [3.63, 3.8) is 0 Å². The van der Waals surface area contributed by atoms with Gasteiger partial charge < -0.3 is 14.8 Å². The van der Waals surface area contributed by atoms with E-state index in [0.29, 0.717) is 12.5 Å². The highest BCUT2D eigenvalue weighted by atomic mass is 16.2. The zero-order valence-electron chi connectivity index (χ0n) is 17.8. The molecule has 1 atom stereocenters. The Labute approximate surface area is 178 Å². The Morgan fingerprint density at radius 1 is 1.07 bits per heavy atom. The molecule has 1 unspecified atom stereocenters. The Morgan fingerprint density at radius 3 is 2.60 bits per heavy atom. The number of urea groups is 1. The molecule has 0 aliphatic carbocycles. The predicted molar refractivity (Wildman–Crippen MR) is 119 cm³/mol. The van der Waals surface area contributed by atoms with E-state index < -0.39 is 0 Å². The van der Waals surface area contributed by atoms with Gasteiger partial charge in [-0.2, -0.15) is 0 Å². The second kappa shape index (κ2) is 9.16. The molecule has 5 nitrogen and oxygen atoms in total. The van der Waals surface area contributed by atoms with Crippen molar-refractivity contribution < 1.29 is 4.79 Å². The van der Waals surface area contributed by atoms with Gasteiger partial charge in [-0.15, -0.1) is 0 Å². The lowest BCUT2D eigenvalue weighted by molar-refractivity contribution is 0.206. The first-order chi connectivity index (χ1) is 14.6. The van der Waals surface area contributed by atoms with Gasteiger partial charge in [-0.05, 0) is 37.3 Å². The lowest BCUT2D eigenvalue weighted by Crippen LogP contribution is -2.38. The molecule has 2 amide bonds. The highest BCUT2D eigenvalue weighted by molar-refractivity contribution is 5.74.